The Balaban J connectivity index is 1.31. The van der Waals surface area contributed by atoms with Gasteiger partial charge in [0.1, 0.15) is 23.5 Å². The fourth-order valence-corrected chi connectivity index (χ4v) is 4.38. The van der Waals surface area contributed by atoms with E-state index in [2.05, 4.69) is 15.4 Å². The smallest absolute Gasteiger partial charge is 0.318 e. The van der Waals surface area contributed by atoms with E-state index >= 15 is 0 Å². The minimum atomic E-state index is -0.247. The third-order valence-electron chi connectivity index (χ3n) is 5.91. The number of amides is 2. The van der Waals surface area contributed by atoms with Crippen molar-refractivity contribution in [3.8, 4) is 0 Å². The number of furan rings is 1. The maximum absolute atomic E-state index is 13.2. The van der Waals surface area contributed by atoms with Gasteiger partial charge in [-0.3, -0.25) is 0 Å². The zero-order valence-electron chi connectivity index (χ0n) is 17.7. The summed E-state index contributed by atoms with van der Waals surface area (Å²) < 4.78 is 7.78. The van der Waals surface area contributed by atoms with Crippen molar-refractivity contribution in [3.05, 3.63) is 83.1 Å². The molecule has 1 N–H and O–H groups in total. The van der Waals surface area contributed by atoms with Crippen LogP contribution >= 0.6 is 11.6 Å². The first kappa shape index (κ1) is 20.6. The molecular formula is C24H24ClN5O2. The first-order valence-corrected chi connectivity index (χ1v) is 11.1. The van der Waals surface area contributed by atoms with E-state index in [9.17, 15) is 4.79 Å². The monoisotopic (exact) mass is 449 g/mol. The molecule has 0 bridgehead atoms. The molecule has 2 atom stereocenters. The number of likely N-dealkylation sites (tertiary alicyclic amines) is 1. The Morgan fingerprint density at radius 1 is 1.25 bits per heavy atom. The Morgan fingerprint density at radius 3 is 2.88 bits per heavy atom. The predicted molar refractivity (Wildman–Crippen MR) is 122 cm³/mol. The van der Waals surface area contributed by atoms with E-state index in [0.717, 1.165) is 41.0 Å². The van der Waals surface area contributed by atoms with Gasteiger partial charge in [0.15, 0.2) is 0 Å². The Morgan fingerprint density at radius 2 is 2.06 bits per heavy atom. The van der Waals surface area contributed by atoms with Crippen LogP contribution in [0.4, 0.5) is 4.79 Å². The first-order chi connectivity index (χ1) is 15.6. The fraction of sp³-hybridized carbons (Fsp3) is 0.292. The average Bonchev–Trinajstić information content (AvgIpc) is 3.54. The van der Waals surface area contributed by atoms with E-state index in [1.807, 2.05) is 71.1 Å². The molecule has 0 aliphatic carbocycles. The molecule has 0 saturated carbocycles. The van der Waals surface area contributed by atoms with Crippen molar-refractivity contribution in [2.45, 2.75) is 38.4 Å². The molecule has 1 saturated heterocycles. The molecule has 1 aliphatic heterocycles. The minimum Gasteiger partial charge on any atom is -0.459 e. The highest BCUT2D eigenvalue weighted by Gasteiger charge is 2.34. The Labute approximate surface area is 191 Å². The number of hydrogen-bond donors (Lipinski definition) is 1. The molecule has 0 spiro atoms. The first-order valence-electron chi connectivity index (χ1n) is 10.8. The third-order valence-corrected chi connectivity index (χ3v) is 6.17. The number of carbonyl (C=O) groups is 1. The second-order valence-corrected chi connectivity index (χ2v) is 8.55. The van der Waals surface area contributed by atoms with Gasteiger partial charge < -0.3 is 14.6 Å². The number of hydrogen-bond acceptors (Lipinski definition) is 4. The summed E-state index contributed by atoms with van der Waals surface area (Å²) in [5, 5.41) is 9.22. The van der Waals surface area contributed by atoms with E-state index in [4.69, 9.17) is 16.0 Å². The lowest BCUT2D eigenvalue weighted by Crippen LogP contribution is -2.41. The van der Waals surface area contributed by atoms with Gasteiger partial charge in [-0.25, -0.2) is 14.5 Å². The van der Waals surface area contributed by atoms with Gasteiger partial charge in [-0.1, -0.05) is 41.9 Å². The minimum absolute atomic E-state index is 0.118. The van der Waals surface area contributed by atoms with Gasteiger partial charge in [-0.05, 0) is 49.6 Å². The predicted octanol–water partition coefficient (Wildman–Crippen LogP) is 5.33. The lowest BCUT2D eigenvalue weighted by molar-refractivity contribution is 0.185. The number of aromatic nitrogens is 3. The zero-order valence-corrected chi connectivity index (χ0v) is 18.5. The van der Waals surface area contributed by atoms with Gasteiger partial charge in [0.25, 0.3) is 0 Å². The van der Waals surface area contributed by atoms with E-state index < -0.39 is 0 Å². The molecule has 2 amide bonds. The van der Waals surface area contributed by atoms with Gasteiger partial charge >= 0.3 is 6.03 Å². The van der Waals surface area contributed by atoms with Crippen LogP contribution in [-0.2, 0) is 6.54 Å². The Hall–Kier alpha value is -3.32. The van der Waals surface area contributed by atoms with Crippen LogP contribution < -0.4 is 5.32 Å². The molecule has 2 aromatic carbocycles. The molecule has 8 heteroatoms. The van der Waals surface area contributed by atoms with E-state index in [0.29, 0.717) is 18.1 Å². The quantitative estimate of drug-likeness (QED) is 0.446. The van der Waals surface area contributed by atoms with Crippen molar-refractivity contribution in [1.29, 1.82) is 0 Å². The van der Waals surface area contributed by atoms with Crippen molar-refractivity contribution in [2.75, 3.05) is 6.54 Å². The number of para-hydroxylation sites is 1. The summed E-state index contributed by atoms with van der Waals surface area (Å²) in [6.07, 6.45) is 3.33. The van der Waals surface area contributed by atoms with Crippen molar-refractivity contribution in [1.82, 2.24) is 25.0 Å². The maximum atomic E-state index is 13.2. The number of nitrogens with one attached hydrogen (secondary N) is 1. The number of nitrogens with zero attached hydrogens (tertiary/aromatic N) is 4. The molecule has 1 fully saturated rings. The molecular weight excluding hydrogens is 426 g/mol. The second-order valence-electron chi connectivity index (χ2n) is 8.11. The van der Waals surface area contributed by atoms with Gasteiger partial charge in [-0.15, -0.1) is 0 Å². The van der Waals surface area contributed by atoms with Crippen LogP contribution in [0.15, 0.2) is 65.3 Å². The highest BCUT2D eigenvalue weighted by molar-refractivity contribution is 6.30. The summed E-state index contributed by atoms with van der Waals surface area (Å²) >= 11 is 6.00. The summed E-state index contributed by atoms with van der Waals surface area (Å²) in [5.74, 6) is 1.53. The number of carbonyl (C=O) groups excluding carboxylic acids is 1. The van der Waals surface area contributed by atoms with E-state index in [1.165, 1.54) is 0 Å². The highest BCUT2D eigenvalue weighted by Crippen LogP contribution is 2.32. The fourth-order valence-electron chi connectivity index (χ4n) is 4.25. The third kappa shape index (κ3) is 4.08. The van der Waals surface area contributed by atoms with Gasteiger partial charge in [0.05, 0.1) is 18.6 Å². The van der Waals surface area contributed by atoms with Gasteiger partial charge in [0, 0.05) is 17.0 Å². The van der Waals surface area contributed by atoms with Gasteiger partial charge in [0.2, 0.25) is 0 Å². The molecule has 164 valence electrons. The summed E-state index contributed by atoms with van der Waals surface area (Å²) in [6.45, 7) is 3.19. The van der Waals surface area contributed by atoms with Crippen LogP contribution in [0.2, 0.25) is 5.02 Å². The number of rotatable bonds is 5. The molecule has 4 aromatic rings. The SMILES string of the molecule is CC(NC(=O)N1CCCC1c1ncnn1Cc1ccc(Cl)cc1)c1cc2ccccc2o1. The normalized spacial score (nSPS) is 17.1. The lowest BCUT2D eigenvalue weighted by Gasteiger charge is -2.26. The zero-order chi connectivity index (χ0) is 22.1. The maximum Gasteiger partial charge on any atom is 0.318 e. The summed E-state index contributed by atoms with van der Waals surface area (Å²) in [7, 11) is 0. The van der Waals surface area contributed by atoms with Crippen LogP contribution in [-0.4, -0.2) is 32.2 Å². The molecule has 5 rings (SSSR count). The number of urea groups is 1. The molecule has 2 aromatic heterocycles. The van der Waals surface area contributed by atoms with Gasteiger partial charge in [-0.2, -0.15) is 5.10 Å². The number of fused-ring (bicyclic) bond motifs is 1. The largest absolute Gasteiger partial charge is 0.459 e. The topological polar surface area (TPSA) is 76.2 Å². The molecule has 32 heavy (non-hydrogen) atoms. The number of halogens is 1. The molecule has 1 aliphatic rings. The van der Waals surface area contributed by atoms with E-state index in [1.54, 1.807) is 6.33 Å². The van der Waals surface area contributed by atoms with E-state index in [-0.39, 0.29) is 18.1 Å². The summed E-state index contributed by atoms with van der Waals surface area (Å²) in [6, 6.07) is 17.0. The number of benzene rings is 2. The van der Waals surface area contributed by atoms with Crippen molar-refractivity contribution in [3.63, 3.8) is 0 Å². The molecule has 7 nitrogen and oxygen atoms in total. The van der Waals surface area contributed by atoms with Crippen molar-refractivity contribution < 1.29 is 9.21 Å². The highest BCUT2D eigenvalue weighted by atomic mass is 35.5. The van der Waals surface area contributed by atoms with Crippen LogP contribution in [0, 0.1) is 0 Å². The van der Waals surface area contributed by atoms with Crippen LogP contribution in [0.1, 0.15) is 49.0 Å². The second kappa shape index (κ2) is 8.67. The molecule has 2 unspecified atom stereocenters. The van der Waals surface area contributed by atoms with Crippen LogP contribution in [0.25, 0.3) is 11.0 Å². The summed E-state index contributed by atoms with van der Waals surface area (Å²) in [5.41, 5.74) is 1.90. The standard InChI is InChI=1S/C24H24ClN5O2/c1-16(22-13-18-5-2-3-7-21(18)32-22)28-24(31)29-12-4-6-20(29)23-26-15-27-30(23)14-17-8-10-19(25)11-9-17/h2-3,5,7-11,13,15-16,20H,4,6,12,14H2,1H3,(H,28,31). The van der Waals surface area contributed by atoms with Crippen molar-refractivity contribution >= 4 is 28.6 Å². The Bertz CT molecular complexity index is 1200. The van der Waals surface area contributed by atoms with Crippen LogP contribution in [0.5, 0.6) is 0 Å². The van der Waals surface area contributed by atoms with Crippen molar-refractivity contribution in [2.24, 2.45) is 0 Å². The lowest BCUT2D eigenvalue weighted by atomic mass is 10.2. The summed E-state index contributed by atoms with van der Waals surface area (Å²) in [4.78, 5) is 19.5. The van der Waals surface area contributed by atoms with Crippen LogP contribution in [0.3, 0.4) is 0 Å². The Kier molecular flexibility index (Phi) is 5.57. The average molecular weight is 450 g/mol. The molecule has 3 heterocycles. The molecule has 0 radical (unpaired) electrons.